The molecule has 0 unspecified atom stereocenters. The lowest BCUT2D eigenvalue weighted by molar-refractivity contribution is 0.355. The average molecular weight is 166 g/mol. The number of aromatic hydroxyl groups is 1. The molecular weight excluding hydrogens is 156 g/mol. The molecule has 1 aromatic carbocycles. The molecule has 2 rings (SSSR count). The lowest BCUT2D eigenvalue weighted by Crippen LogP contribution is -1.86. The van der Waals surface area contributed by atoms with Crippen LogP contribution >= 0.6 is 0 Å². The third kappa shape index (κ3) is 0.897. The van der Waals surface area contributed by atoms with E-state index in [0.29, 0.717) is 12.4 Å². The topological polar surface area (TPSA) is 38.7 Å². The second kappa shape index (κ2) is 2.59. The van der Waals surface area contributed by atoms with Gasteiger partial charge in [0.2, 0.25) is 0 Å². The first-order chi connectivity index (χ1) is 5.83. The Labute approximate surface area is 70.5 Å². The first-order valence-electron chi connectivity index (χ1n) is 3.84. The predicted molar refractivity (Wildman–Crippen MR) is 43.9 cm³/mol. The first-order valence-corrected chi connectivity index (χ1v) is 3.84. The normalized spacial score (nSPS) is 13.8. The molecule has 0 fully saturated rings. The number of hydrogen-bond donors (Lipinski definition) is 1. The highest BCUT2D eigenvalue weighted by molar-refractivity contribution is 5.54. The molecular formula is C9H10O3. The second-order valence-corrected chi connectivity index (χ2v) is 2.69. The molecule has 0 radical (unpaired) electrons. The Morgan fingerprint density at radius 2 is 2.33 bits per heavy atom. The van der Waals surface area contributed by atoms with Gasteiger partial charge >= 0.3 is 0 Å². The van der Waals surface area contributed by atoms with Gasteiger partial charge in [0.25, 0.3) is 0 Å². The fraction of sp³-hybridized carbons (Fsp3) is 0.333. The van der Waals surface area contributed by atoms with Crippen molar-refractivity contribution in [1.29, 1.82) is 0 Å². The standard InChI is InChI=1S/C9H10O3/c1-11-8-3-2-7-6(9(8)10)4-5-12-7/h2-3,10H,4-5H2,1H3. The van der Waals surface area contributed by atoms with Gasteiger partial charge in [-0.2, -0.15) is 0 Å². The highest BCUT2D eigenvalue weighted by atomic mass is 16.5. The molecule has 3 nitrogen and oxygen atoms in total. The van der Waals surface area contributed by atoms with Gasteiger partial charge in [0.05, 0.1) is 13.7 Å². The van der Waals surface area contributed by atoms with Crippen LogP contribution in [0.1, 0.15) is 5.56 Å². The van der Waals surface area contributed by atoms with E-state index in [2.05, 4.69) is 0 Å². The number of methoxy groups -OCH3 is 1. The number of fused-ring (bicyclic) bond motifs is 1. The zero-order chi connectivity index (χ0) is 8.55. The van der Waals surface area contributed by atoms with Crippen LogP contribution in [0.3, 0.4) is 0 Å². The van der Waals surface area contributed by atoms with Crippen LogP contribution in [0.15, 0.2) is 12.1 Å². The predicted octanol–water partition coefficient (Wildman–Crippen LogP) is 1.34. The number of phenols is 1. The summed E-state index contributed by atoms with van der Waals surface area (Å²) < 4.78 is 10.2. The zero-order valence-corrected chi connectivity index (χ0v) is 6.83. The van der Waals surface area contributed by atoms with Gasteiger partial charge in [0.1, 0.15) is 5.75 Å². The molecule has 12 heavy (non-hydrogen) atoms. The quantitative estimate of drug-likeness (QED) is 0.684. The molecule has 0 aromatic heterocycles. The fourth-order valence-electron chi connectivity index (χ4n) is 1.40. The molecule has 1 aliphatic heterocycles. The van der Waals surface area contributed by atoms with Crippen LogP contribution in [0.25, 0.3) is 0 Å². The highest BCUT2D eigenvalue weighted by Gasteiger charge is 2.18. The molecule has 1 aromatic rings. The van der Waals surface area contributed by atoms with Crippen LogP contribution in [0.2, 0.25) is 0 Å². The van der Waals surface area contributed by atoms with Gasteiger partial charge in [-0.1, -0.05) is 0 Å². The number of rotatable bonds is 1. The van der Waals surface area contributed by atoms with Crippen molar-refractivity contribution in [3.63, 3.8) is 0 Å². The largest absolute Gasteiger partial charge is 0.504 e. The smallest absolute Gasteiger partial charge is 0.164 e. The summed E-state index contributed by atoms with van der Waals surface area (Å²) in [6.45, 7) is 0.649. The van der Waals surface area contributed by atoms with Crippen molar-refractivity contribution in [2.75, 3.05) is 13.7 Å². The number of phenolic OH excluding ortho intramolecular Hbond substituents is 1. The van der Waals surface area contributed by atoms with Gasteiger partial charge in [-0.15, -0.1) is 0 Å². The van der Waals surface area contributed by atoms with E-state index in [1.165, 1.54) is 7.11 Å². The monoisotopic (exact) mass is 166 g/mol. The molecule has 0 saturated carbocycles. The molecule has 0 bridgehead atoms. The Morgan fingerprint density at radius 1 is 1.50 bits per heavy atom. The van der Waals surface area contributed by atoms with Gasteiger partial charge in [-0.05, 0) is 12.1 Å². The van der Waals surface area contributed by atoms with Crippen LogP contribution in [-0.4, -0.2) is 18.8 Å². The van der Waals surface area contributed by atoms with Gasteiger partial charge in [0.15, 0.2) is 11.5 Å². The minimum atomic E-state index is 0.215. The molecule has 0 saturated heterocycles. The minimum absolute atomic E-state index is 0.215. The molecule has 0 amide bonds. The van der Waals surface area contributed by atoms with Crippen LogP contribution in [-0.2, 0) is 6.42 Å². The lowest BCUT2D eigenvalue weighted by Gasteiger charge is -2.05. The summed E-state index contributed by atoms with van der Waals surface area (Å²) in [7, 11) is 1.54. The van der Waals surface area contributed by atoms with Crippen molar-refractivity contribution in [3.8, 4) is 17.2 Å². The maximum absolute atomic E-state index is 9.60. The molecule has 3 heteroatoms. The van der Waals surface area contributed by atoms with E-state index in [1.807, 2.05) is 6.07 Å². The third-order valence-corrected chi connectivity index (χ3v) is 2.03. The zero-order valence-electron chi connectivity index (χ0n) is 6.83. The lowest BCUT2D eigenvalue weighted by atomic mass is 10.1. The highest BCUT2D eigenvalue weighted by Crippen LogP contribution is 2.39. The van der Waals surface area contributed by atoms with E-state index in [0.717, 1.165) is 17.7 Å². The second-order valence-electron chi connectivity index (χ2n) is 2.69. The van der Waals surface area contributed by atoms with Gasteiger partial charge < -0.3 is 14.6 Å². The van der Waals surface area contributed by atoms with Crippen molar-refractivity contribution in [3.05, 3.63) is 17.7 Å². The molecule has 0 spiro atoms. The summed E-state index contributed by atoms with van der Waals surface area (Å²) in [5.74, 6) is 1.50. The maximum Gasteiger partial charge on any atom is 0.164 e. The first kappa shape index (κ1) is 7.28. The van der Waals surface area contributed by atoms with Gasteiger partial charge in [-0.25, -0.2) is 0 Å². The molecule has 0 atom stereocenters. The maximum atomic E-state index is 9.60. The molecule has 1 aliphatic rings. The van der Waals surface area contributed by atoms with Crippen LogP contribution in [0.4, 0.5) is 0 Å². The van der Waals surface area contributed by atoms with E-state index in [1.54, 1.807) is 6.07 Å². The Kier molecular flexibility index (Phi) is 1.57. The molecule has 0 aliphatic carbocycles. The van der Waals surface area contributed by atoms with Gasteiger partial charge in [-0.3, -0.25) is 0 Å². The SMILES string of the molecule is COc1ccc2c(c1O)CCO2. The van der Waals surface area contributed by atoms with E-state index >= 15 is 0 Å². The van der Waals surface area contributed by atoms with Gasteiger partial charge in [0, 0.05) is 12.0 Å². The molecule has 64 valence electrons. The van der Waals surface area contributed by atoms with Crippen molar-refractivity contribution in [2.24, 2.45) is 0 Å². The molecule has 1 N–H and O–H groups in total. The third-order valence-electron chi connectivity index (χ3n) is 2.03. The number of benzene rings is 1. The Balaban J connectivity index is 2.54. The fourth-order valence-corrected chi connectivity index (χ4v) is 1.40. The van der Waals surface area contributed by atoms with E-state index in [4.69, 9.17) is 9.47 Å². The summed E-state index contributed by atoms with van der Waals surface area (Å²) in [6.07, 6.45) is 0.762. The van der Waals surface area contributed by atoms with Crippen LogP contribution in [0.5, 0.6) is 17.2 Å². The summed E-state index contributed by atoms with van der Waals surface area (Å²) in [5, 5.41) is 9.60. The number of hydrogen-bond acceptors (Lipinski definition) is 3. The Bertz CT molecular complexity index is 307. The summed E-state index contributed by atoms with van der Waals surface area (Å²) >= 11 is 0. The van der Waals surface area contributed by atoms with Crippen molar-refractivity contribution < 1.29 is 14.6 Å². The minimum Gasteiger partial charge on any atom is -0.504 e. The molecule has 1 heterocycles. The number of ether oxygens (including phenoxy) is 2. The summed E-state index contributed by atoms with van der Waals surface area (Å²) in [6, 6.07) is 3.53. The Hall–Kier alpha value is -1.38. The van der Waals surface area contributed by atoms with E-state index < -0.39 is 0 Å². The average Bonchev–Trinajstić information content (AvgIpc) is 2.53. The summed E-state index contributed by atoms with van der Waals surface area (Å²) in [4.78, 5) is 0. The Morgan fingerprint density at radius 3 is 3.08 bits per heavy atom. The van der Waals surface area contributed by atoms with Crippen molar-refractivity contribution in [2.45, 2.75) is 6.42 Å². The van der Waals surface area contributed by atoms with E-state index in [9.17, 15) is 5.11 Å². The van der Waals surface area contributed by atoms with E-state index in [-0.39, 0.29) is 5.75 Å². The summed E-state index contributed by atoms with van der Waals surface area (Å²) in [5.41, 5.74) is 0.856. The van der Waals surface area contributed by atoms with Crippen molar-refractivity contribution in [1.82, 2.24) is 0 Å². The van der Waals surface area contributed by atoms with Crippen LogP contribution in [0, 0.1) is 0 Å². The van der Waals surface area contributed by atoms with Crippen molar-refractivity contribution >= 4 is 0 Å². The van der Waals surface area contributed by atoms with Crippen LogP contribution < -0.4 is 9.47 Å².